The molecule has 0 amide bonds. The number of benzene rings is 2. The van der Waals surface area contributed by atoms with Gasteiger partial charge in [-0.25, -0.2) is 19.2 Å². The minimum atomic E-state index is -1.25. The van der Waals surface area contributed by atoms with Gasteiger partial charge in [0.25, 0.3) is 11.6 Å². The van der Waals surface area contributed by atoms with E-state index in [0.717, 1.165) is 74.4 Å². The molecule has 2 aromatic carbocycles. The van der Waals surface area contributed by atoms with Gasteiger partial charge in [0.05, 0.1) is 0 Å². The van der Waals surface area contributed by atoms with Gasteiger partial charge in [0.15, 0.2) is 0 Å². The lowest BCUT2D eigenvalue weighted by atomic mass is 9.60. The number of hydrogen-bond donors (Lipinski definition) is 0. The Balaban J connectivity index is 1.02. The van der Waals surface area contributed by atoms with Gasteiger partial charge in [-0.15, -0.1) is 0 Å². The van der Waals surface area contributed by atoms with Crippen LogP contribution in [-0.4, -0.2) is 61.6 Å². The Kier molecular flexibility index (Phi) is 11.1. The fourth-order valence-electron chi connectivity index (χ4n) is 8.76. The number of rotatable bonds is 10. The summed E-state index contributed by atoms with van der Waals surface area (Å²) in [6.45, 7) is 16.5. The molecule has 0 N–H and O–H groups in total. The van der Waals surface area contributed by atoms with E-state index in [9.17, 15) is 19.2 Å². The predicted octanol–water partition coefficient (Wildman–Crippen LogP) is 7.85. The Hall–Kier alpha value is -4.60. The van der Waals surface area contributed by atoms with Gasteiger partial charge in [-0.1, -0.05) is 38.1 Å². The minimum absolute atomic E-state index is 0.0962. The molecule has 2 spiro atoms. The quantitative estimate of drug-likeness (QED) is 0.136. The number of ether oxygens (including phenoxy) is 4. The number of nitrogens with zero attached hydrogens (tertiary/aromatic N) is 2. The number of esters is 4. The normalized spacial score (nSPS) is 26.1. The molecule has 6 rings (SSSR count). The summed E-state index contributed by atoms with van der Waals surface area (Å²) in [4.78, 5) is 57.1. The first-order valence-electron chi connectivity index (χ1n) is 19.4. The van der Waals surface area contributed by atoms with Crippen molar-refractivity contribution in [1.82, 2.24) is 0 Å². The molecule has 0 bridgehead atoms. The molecular formula is C43H54N2O8. The maximum Gasteiger partial charge on any atom is 0.348 e. The number of carbonyl (C=O) groups excluding carboxylic acids is 4. The van der Waals surface area contributed by atoms with E-state index in [-0.39, 0.29) is 16.6 Å². The first kappa shape index (κ1) is 38.1. The van der Waals surface area contributed by atoms with Gasteiger partial charge in [-0.2, -0.15) is 0 Å². The highest BCUT2D eigenvalue weighted by atomic mass is 16.8. The summed E-state index contributed by atoms with van der Waals surface area (Å²) in [7, 11) is 0. The van der Waals surface area contributed by atoms with E-state index in [1.807, 2.05) is 48.5 Å². The van der Waals surface area contributed by atoms with E-state index >= 15 is 0 Å². The molecule has 4 fully saturated rings. The van der Waals surface area contributed by atoms with E-state index in [4.69, 9.17) is 18.9 Å². The van der Waals surface area contributed by atoms with Crippen LogP contribution in [0, 0.1) is 17.3 Å². The van der Waals surface area contributed by atoms with E-state index in [1.165, 1.54) is 12.2 Å². The molecule has 0 unspecified atom stereocenters. The van der Waals surface area contributed by atoms with Crippen LogP contribution >= 0.6 is 0 Å². The van der Waals surface area contributed by atoms with Gasteiger partial charge in [0.1, 0.15) is 11.1 Å². The van der Waals surface area contributed by atoms with E-state index < -0.39 is 35.5 Å². The van der Waals surface area contributed by atoms with Crippen LogP contribution in [0.25, 0.3) is 12.2 Å². The lowest BCUT2D eigenvalue weighted by Crippen LogP contribution is -2.52. The fraction of sp³-hybridized carbons (Fsp3) is 0.535. The van der Waals surface area contributed by atoms with Crippen molar-refractivity contribution in [3.8, 4) is 0 Å². The van der Waals surface area contributed by atoms with Crippen LogP contribution < -0.4 is 9.80 Å². The van der Waals surface area contributed by atoms with Crippen molar-refractivity contribution < 1.29 is 38.1 Å². The largest absolute Gasteiger partial charge is 0.419 e. The highest BCUT2D eigenvalue weighted by molar-refractivity contribution is 6.19. The highest BCUT2D eigenvalue weighted by Gasteiger charge is 2.54. The molecule has 2 saturated heterocycles. The molecule has 2 saturated carbocycles. The van der Waals surface area contributed by atoms with Crippen molar-refractivity contribution in [2.75, 3.05) is 36.0 Å². The Labute approximate surface area is 313 Å². The molecule has 10 nitrogen and oxygen atoms in total. The zero-order chi connectivity index (χ0) is 38.0. The van der Waals surface area contributed by atoms with Crippen LogP contribution in [0.5, 0.6) is 0 Å². The fourth-order valence-corrected chi connectivity index (χ4v) is 8.76. The summed E-state index contributed by atoms with van der Waals surface area (Å²) in [5.74, 6) is -4.48. The SMILES string of the molecule is CCN(CC)c1ccc(C=C2C(=O)OC3(CCC(C(C)(C)C4CCC5(CC4)OC(=O)C(=Cc4ccc(N(CC)CC)cc4)C(=O)O5)CC3)OC2=O)cc1. The molecule has 0 radical (unpaired) electrons. The van der Waals surface area contributed by atoms with Crippen LogP contribution in [0.3, 0.4) is 0 Å². The Morgan fingerprint density at radius 3 is 1.09 bits per heavy atom. The molecule has 53 heavy (non-hydrogen) atoms. The van der Waals surface area contributed by atoms with Gasteiger partial charge in [0, 0.05) is 63.2 Å². The average Bonchev–Trinajstić information content (AvgIpc) is 3.14. The molecule has 10 heteroatoms. The van der Waals surface area contributed by atoms with Crippen molar-refractivity contribution >= 4 is 47.4 Å². The molecule has 2 heterocycles. The van der Waals surface area contributed by atoms with Crippen molar-refractivity contribution in [2.45, 2.75) is 104 Å². The van der Waals surface area contributed by atoms with E-state index in [0.29, 0.717) is 37.5 Å². The summed E-state index contributed by atoms with van der Waals surface area (Å²) in [6.07, 6.45) is 7.74. The lowest BCUT2D eigenvalue weighted by molar-refractivity contribution is -0.252. The minimum Gasteiger partial charge on any atom is -0.419 e. The first-order valence-corrected chi connectivity index (χ1v) is 19.4. The van der Waals surface area contributed by atoms with Gasteiger partial charge in [0.2, 0.25) is 0 Å². The van der Waals surface area contributed by atoms with Crippen LogP contribution in [0.2, 0.25) is 0 Å². The van der Waals surface area contributed by atoms with Crippen molar-refractivity contribution in [3.05, 3.63) is 70.8 Å². The second-order valence-corrected chi connectivity index (χ2v) is 15.4. The summed E-state index contributed by atoms with van der Waals surface area (Å²) in [5, 5.41) is 0. The Morgan fingerprint density at radius 2 is 0.830 bits per heavy atom. The maximum absolute atomic E-state index is 13.2. The van der Waals surface area contributed by atoms with Crippen LogP contribution in [0.1, 0.15) is 104 Å². The average molecular weight is 727 g/mol. The monoisotopic (exact) mass is 726 g/mol. The van der Waals surface area contributed by atoms with Crippen LogP contribution in [0.15, 0.2) is 59.7 Å². The molecule has 4 aliphatic rings. The van der Waals surface area contributed by atoms with Crippen LogP contribution in [-0.2, 0) is 38.1 Å². The van der Waals surface area contributed by atoms with E-state index in [1.54, 1.807) is 0 Å². The number of carbonyl (C=O) groups is 4. The zero-order valence-electron chi connectivity index (χ0n) is 32.1. The van der Waals surface area contributed by atoms with Crippen molar-refractivity contribution in [2.24, 2.45) is 17.3 Å². The topological polar surface area (TPSA) is 112 Å². The Morgan fingerprint density at radius 1 is 0.547 bits per heavy atom. The smallest absolute Gasteiger partial charge is 0.348 e. The summed E-state index contributed by atoms with van der Waals surface area (Å²) < 4.78 is 23.5. The van der Waals surface area contributed by atoms with Crippen molar-refractivity contribution in [1.29, 1.82) is 0 Å². The van der Waals surface area contributed by atoms with E-state index in [2.05, 4.69) is 51.3 Å². The van der Waals surface area contributed by atoms with Gasteiger partial charge in [-0.05, 0) is 118 Å². The lowest BCUT2D eigenvalue weighted by Gasteiger charge is -2.50. The Bertz CT molecular complexity index is 1560. The molecule has 284 valence electrons. The molecule has 2 aromatic rings. The molecule has 0 aromatic heterocycles. The first-order chi connectivity index (χ1) is 25.3. The third-order valence-electron chi connectivity index (χ3n) is 12.3. The second-order valence-electron chi connectivity index (χ2n) is 15.4. The summed E-state index contributed by atoms with van der Waals surface area (Å²) in [5.41, 5.74) is 3.32. The molecule has 0 atom stereocenters. The summed E-state index contributed by atoms with van der Waals surface area (Å²) >= 11 is 0. The van der Waals surface area contributed by atoms with Crippen LogP contribution in [0.4, 0.5) is 11.4 Å². The zero-order valence-corrected chi connectivity index (χ0v) is 32.1. The standard InChI is InChI=1S/C43H54N2O8/c1-7-44(8-2)33-15-11-29(12-16-33)27-35-37(46)50-42(51-38(35)47)23-19-31(20-24-42)41(5,6)32-21-25-43(26-22-32)52-39(48)36(40(49)53-43)28-30-13-17-34(18-14-30)45(9-3)10-4/h11-18,27-28,31-32H,7-10,19-26H2,1-6H3. The maximum atomic E-state index is 13.2. The number of hydrogen-bond acceptors (Lipinski definition) is 10. The third-order valence-corrected chi connectivity index (χ3v) is 12.3. The van der Waals surface area contributed by atoms with Gasteiger partial charge in [-0.3, -0.25) is 0 Å². The summed E-state index contributed by atoms with van der Waals surface area (Å²) in [6, 6.07) is 15.5. The van der Waals surface area contributed by atoms with Crippen molar-refractivity contribution in [3.63, 3.8) is 0 Å². The van der Waals surface area contributed by atoms with Gasteiger partial charge < -0.3 is 28.7 Å². The van der Waals surface area contributed by atoms with Gasteiger partial charge >= 0.3 is 23.9 Å². The predicted molar refractivity (Wildman–Crippen MR) is 203 cm³/mol. The number of anilines is 2. The third kappa shape index (κ3) is 7.87. The highest BCUT2D eigenvalue weighted by Crippen LogP contribution is 2.53. The molecule has 2 aliphatic heterocycles. The molecule has 2 aliphatic carbocycles. The molecular weight excluding hydrogens is 672 g/mol. The second kappa shape index (κ2) is 15.4.